The predicted molar refractivity (Wildman–Crippen MR) is 91.5 cm³/mol. The molecule has 2 aromatic heterocycles. The van der Waals surface area contributed by atoms with Gasteiger partial charge in [-0.1, -0.05) is 26.8 Å². The molecule has 0 atom stereocenters. The highest BCUT2D eigenvalue weighted by Crippen LogP contribution is 2.26. The molecule has 0 radical (unpaired) electrons. The van der Waals surface area contributed by atoms with Crippen LogP contribution < -0.4 is 10.2 Å². The Labute approximate surface area is 139 Å². The van der Waals surface area contributed by atoms with Gasteiger partial charge in [0.1, 0.15) is 11.8 Å². The zero-order valence-electron chi connectivity index (χ0n) is 14.4. The van der Waals surface area contributed by atoms with Gasteiger partial charge >= 0.3 is 6.01 Å². The van der Waals surface area contributed by atoms with Crippen LogP contribution in [0, 0.1) is 0 Å². The number of anilines is 2. The molecule has 0 saturated carbocycles. The summed E-state index contributed by atoms with van der Waals surface area (Å²) in [4.78, 5) is 22.9. The lowest BCUT2D eigenvalue weighted by Crippen LogP contribution is -2.14. The van der Waals surface area contributed by atoms with E-state index in [1.165, 1.54) is 0 Å². The van der Waals surface area contributed by atoms with E-state index in [0.717, 1.165) is 5.69 Å². The van der Waals surface area contributed by atoms with Crippen LogP contribution in [-0.4, -0.2) is 30.0 Å². The average molecular weight is 328 g/mol. The molecule has 0 fully saturated rings. The van der Waals surface area contributed by atoms with E-state index in [1.54, 1.807) is 29.4 Å². The van der Waals surface area contributed by atoms with E-state index in [9.17, 15) is 4.79 Å². The van der Waals surface area contributed by atoms with Crippen LogP contribution in [0.4, 0.5) is 12.0 Å². The lowest BCUT2D eigenvalue weighted by atomic mass is 9.93. The Bertz CT molecular complexity index is 887. The number of hydrogen-bond acceptors (Lipinski definition) is 6. The number of benzene rings is 1. The van der Waals surface area contributed by atoms with Crippen LogP contribution in [0.3, 0.4) is 0 Å². The van der Waals surface area contributed by atoms with Gasteiger partial charge < -0.3 is 13.7 Å². The highest BCUT2D eigenvalue weighted by Gasteiger charge is 2.21. The van der Waals surface area contributed by atoms with Crippen molar-refractivity contribution in [2.75, 3.05) is 24.3 Å². The van der Waals surface area contributed by atoms with Gasteiger partial charge in [0.15, 0.2) is 5.58 Å². The lowest BCUT2D eigenvalue weighted by Gasteiger charge is -2.12. The average Bonchev–Trinajstić information content (AvgIpc) is 3.12. The minimum atomic E-state index is -0.357. The van der Waals surface area contributed by atoms with Crippen LogP contribution in [0.15, 0.2) is 33.3 Å². The van der Waals surface area contributed by atoms with E-state index in [2.05, 4.69) is 15.3 Å². The maximum Gasteiger partial charge on any atom is 0.301 e. The minimum absolute atomic E-state index is 0.155. The number of nitrogens with one attached hydrogen (secondary N) is 1. The first kappa shape index (κ1) is 16.0. The summed E-state index contributed by atoms with van der Waals surface area (Å²) in [6.45, 7) is 6.07. The summed E-state index contributed by atoms with van der Waals surface area (Å²) in [5.41, 5.74) is 2.04. The van der Waals surface area contributed by atoms with Crippen molar-refractivity contribution in [1.29, 1.82) is 0 Å². The Kier molecular flexibility index (Phi) is 3.79. The van der Waals surface area contributed by atoms with Crippen LogP contribution >= 0.6 is 0 Å². The Morgan fingerprint density at radius 1 is 1.21 bits per heavy atom. The molecule has 24 heavy (non-hydrogen) atoms. The third-order valence-electron chi connectivity index (χ3n) is 3.52. The molecule has 0 aliphatic carbocycles. The first-order valence-electron chi connectivity index (χ1n) is 7.60. The van der Waals surface area contributed by atoms with Crippen molar-refractivity contribution in [3.05, 3.63) is 35.7 Å². The van der Waals surface area contributed by atoms with E-state index in [4.69, 9.17) is 8.83 Å². The van der Waals surface area contributed by atoms with Gasteiger partial charge in [-0.3, -0.25) is 10.1 Å². The van der Waals surface area contributed by atoms with Gasteiger partial charge in [0, 0.05) is 19.5 Å². The minimum Gasteiger partial charge on any atom is -0.432 e. The molecule has 7 nitrogen and oxygen atoms in total. The number of para-hydroxylation sites is 1. The molecule has 3 rings (SSSR count). The topological polar surface area (TPSA) is 84.4 Å². The summed E-state index contributed by atoms with van der Waals surface area (Å²) >= 11 is 0. The Morgan fingerprint density at radius 3 is 2.58 bits per heavy atom. The van der Waals surface area contributed by atoms with E-state index in [1.807, 2.05) is 34.9 Å². The van der Waals surface area contributed by atoms with Gasteiger partial charge in [-0.25, -0.2) is 0 Å². The van der Waals surface area contributed by atoms with Crippen molar-refractivity contribution in [3.8, 4) is 0 Å². The molecule has 1 aromatic carbocycles. The molecule has 126 valence electrons. The van der Waals surface area contributed by atoms with Gasteiger partial charge in [0.2, 0.25) is 0 Å². The fourth-order valence-corrected chi connectivity index (χ4v) is 2.15. The zero-order valence-corrected chi connectivity index (χ0v) is 14.4. The molecular weight excluding hydrogens is 308 g/mol. The van der Waals surface area contributed by atoms with Crippen molar-refractivity contribution in [2.24, 2.45) is 0 Å². The van der Waals surface area contributed by atoms with Gasteiger partial charge in [-0.15, -0.1) is 0 Å². The van der Waals surface area contributed by atoms with Gasteiger partial charge in [-0.05, 0) is 12.1 Å². The lowest BCUT2D eigenvalue weighted by molar-refractivity contribution is 0.102. The van der Waals surface area contributed by atoms with E-state index < -0.39 is 0 Å². The molecule has 0 unspecified atom stereocenters. The summed E-state index contributed by atoms with van der Waals surface area (Å²) < 4.78 is 11.0. The third-order valence-corrected chi connectivity index (χ3v) is 3.52. The Morgan fingerprint density at radius 2 is 1.96 bits per heavy atom. The summed E-state index contributed by atoms with van der Waals surface area (Å²) in [5.74, 6) is -0.357. The smallest absolute Gasteiger partial charge is 0.301 e. The molecule has 7 heteroatoms. The molecule has 3 aromatic rings. The van der Waals surface area contributed by atoms with E-state index >= 15 is 0 Å². The van der Waals surface area contributed by atoms with Crippen molar-refractivity contribution in [3.63, 3.8) is 0 Å². The van der Waals surface area contributed by atoms with Crippen LogP contribution in [0.25, 0.3) is 11.1 Å². The van der Waals surface area contributed by atoms with Crippen LogP contribution in [0.1, 0.15) is 36.8 Å². The molecule has 1 N–H and O–H groups in total. The number of rotatable bonds is 3. The Balaban J connectivity index is 1.90. The summed E-state index contributed by atoms with van der Waals surface area (Å²) in [5, 5.41) is 2.66. The standard InChI is InChI=1S/C17H20N4O3/c1-17(2,3)12-9-23-15(19-12)20-14(22)10-7-6-8-11-13(10)24-16(18-11)21(4)5/h6-9H,1-5H3,(H,19,20,22). The SMILES string of the molecule is CN(C)c1nc2cccc(C(=O)Nc3nc(C(C)(C)C)co3)c2o1. The first-order valence-corrected chi connectivity index (χ1v) is 7.60. The fourth-order valence-electron chi connectivity index (χ4n) is 2.15. The number of aromatic nitrogens is 2. The normalized spacial score (nSPS) is 11.7. The van der Waals surface area contributed by atoms with E-state index in [0.29, 0.717) is 22.7 Å². The largest absolute Gasteiger partial charge is 0.432 e. The van der Waals surface area contributed by atoms with Crippen molar-refractivity contribution in [1.82, 2.24) is 9.97 Å². The molecule has 0 aliphatic rings. The zero-order chi connectivity index (χ0) is 17.5. The van der Waals surface area contributed by atoms with Gasteiger partial charge in [0.25, 0.3) is 11.9 Å². The molecule has 0 aliphatic heterocycles. The molecule has 1 amide bonds. The molecular formula is C17H20N4O3. The van der Waals surface area contributed by atoms with Crippen molar-refractivity contribution >= 4 is 29.0 Å². The summed E-state index contributed by atoms with van der Waals surface area (Å²) in [7, 11) is 3.65. The fraction of sp³-hybridized carbons (Fsp3) is 0.353. The Hall–Kier alpha value is -2.83. The quantitative estimate of drug-likeness (QED) is 0.793. The van der Waals surface area contributed by atoms with E-state index in [-0.39, 0.29) is 17.3 Å². The van der Waals surface area contributed by atoms with Crippen LogP contribution in [0.2, 0.25) is 0 Å². The monoisotopic (exact) mass is 328 g/mol. The number of carbonyl (C=O) groups excluding carboxylic acids is 1. The number of carbonyl (C=O) groups is 1. The maximum absolute atomic E-state index is 12.6. The molecule has 0 spiro atoms. The summed E-state index contributed by atoms with van der Waals surface area (Å²) in [6.07, 6.45) is 1.55. The number of fused-ring (bicyclic) bond motifs is 1. The first-order chi connectivity index (χ1) is 11.3. The second-order valence-corrected chi connectivity index (χ2v) is 6.79. The highest BCUT2D eigenvalue weighted by atomic mass is 16.4. The van der Waals surface area contributed by atoms with Crippen LogP contribution in [-0.2, 0) is 5.41 Å². The number of hydrogen-bond donors (Lipinski definition) is 1. The second kappa shape index (κ2) is 5.67. The number of nitrogens with zero attached hydrogens (tertiary/aromatic N) is 3. The maximum atomic E-state index is 12.6. The highest BCUT2D eigenvalue weighted by molar-refractivity contribution is 6.10. The van der Waals surface area contributed by atoms with Crippen LogP contribution in [0.5, 0.6) is 0 Å². The van der Waals surface area contributed by atoms with Crippen molar-refractivity contribution in [2.45, 2.75) is 26.2 Å². The molecule has 0 bridgehead atoms. The molecule has 2 heterocycles. The molecule has 0 saturated heterocycles. The number of oxazole rings is 2. The van der Waals surface area contributed by atoms with Crippen molar-refractivity contribution < 1.29 is 13.6 Å². The second-order valence-electron chi connectivity index (χ2n) is 6.79. The predicted octanol–water partition coefficient (Wildman–Crippen LogP) is 3.43. The van der Waals surface area contributed by atoms with Gasteiger partial charge in [0.05, 0.1) is 11.3 Å². The third kappa shape index (κ3) is 2.97. The van der Waals surface area contributed by atoms with Gasteiger partial charge in [-0.2, -0.15) is 9.97 Å². The number of amides is 1. The summed E-state index contributed by atoms with van der Waals surface area (Å²) in [6, 6.07) is 5.84.